The zero-order valence-corrected chi connectivity index (χ0v) is 20.7. The average molecular weight is 557 g/mol. The van der Waals surface area contributed by atoms with E-state index < -0.39 is 23.1 Å². The molecule has 2 aromatic rings. The molecule has 0 bridgehead atoms. The van der Waals surface area contributed by atoms with Crippen LogP contribution >= 0.6 is 38.9 Å². The van der Waals surface area contributed by atoms with Crippen LogP contribution in [-0.4, -0.2) is 5.78 Å². The van der Waals surface area contributed by atoms with Gasteiger partial charge < -0.3 is 5.73 Å². The molecule has 1 aliphatic heterocycles. The minimum Gasteiger partial charge on any atom is -0.384 e. The summed E-state index contributed by atoms with van der Waals surface area (Å²) >= 11 is 11.1. The predicted octanol–water partition coefficient (Wildman–Crippen LogP) is 7.12. The van der Waals surface area contributed by atoms with E-state index in [4.69, 9.17) is 17.3 Å². The molecule has 172 valence electrons. The highest BCUT2D eigenvalue weighted by Gasteiger charge is 2.45. The first-order valence-corrected chi connectivity index (χ1v) is 11.9. The summed E-state index contributed by atoms with van der Waals surface area (Å²) in [4.78, 5) is 15.5. The van der Waals surface area contributed by atoms with Gasteiger partial charge in [0.2, 0.25) is 0 Å². The number of carbonyl (C=O) groups is 1. The normalized spacial score (nSPS) is 20.7. The van der Waals surface area contributed by atoms with Gasteiger partial charge in [0.05, 0.1) is 37.6 Å². The van der Waals surface area contributed by atoms with Crippen molar-refractivity contribution in [3.8, 4) is 6.07 Å². The van der Waals surface area contributed by atoms with E-state index in [-0.39, 0.29) is 34.3 Å². The Morgan fingerprint density at radius 3 is 2.55 bits per heavy atom. The Morgan fingerprint density at radius 2 is 1.97 bits per heavy atom. The van der Waals surface area contributed by atoms with E-state index in [2.05, 4.69) is 22.0 Å². The number of nitrogens with zero attached hydrogens (tertiary/aromatic N) is 2. The van der Waals surface area contributed by atoms with Crippen LogP contribution < -0.4 is 10.6 Å². The lowest BCUT2D eigenvalue weighted by atomic mass is 9.69. The first kappa shape index (κ1) is 23.9. The maximum Gasteiger partial charge on any atom is 0.416 e. The molecule has 0 radical (unpaired) electrons. The number of benzene rings is 1. The van der Waals surface area contributed by atoms with Crippen molar-refractivity contribution >= 4 is 50.3 Å². The minimum absolute atomic E-state index is 0.0134. The molecule has 2 heterocycles. The Balaban J connectivity index is 2.03. The second-order valence-corrected chi connectivity index (χ2v) is 11.7. The highest BCUT2D eigenvalue weighted by Crippen LogP contribution is 2.52. The number of hydrogen-bond acceptors (Lipinski definition) is 5. The molecule has 0 amide bonds. The van der Waals surface area contributed by atoms with Crippen LogP contribution in [0.3, 0.4) is 0 Å². The molecule has 4 nitrogen and oxygen atoms in total. The van der Waals surface area contributed by atoms with Crippen LogP contribution in [0.4, 0.5) is 18.9 Å². The number of ketones is 1. The summed E-state index contributed by atoms with van der Waals surface area (Å²) in [6, 6.07) is 8.68. The van der Waals surface area contributed by atoms with Crippen LogP contribution in [-0.2, 0) is 11.0 Å². The molecule has 1 atom stereocenters. The number of halogens is 5. The lowest BCUT2D eigenvalue weighted by Crippen LogP contribution is -2.42. The van der Waals surface area contributed by atoms with Gasteiger partial charge in [-0.1, -0.05) is 25.4 Å². The number of Topliss-reactive ketones (excluding diaryl/α,β-unsaturated/α-hetero) is 1. The van der Waals surface area contributed by atoms with Crippen molar-refractivity contribution in [1.82, 2.24) is 0 Å². The molecule has 2 aliphatic rings. The highest BCUT2D eigenvalue weighted by molar-refractivity contribution is 9.11. The van der Waals surface area contributed by atoms with E-state index in [1.165, 1.54) is 16.2 Å². The van der Waals surface area contributed by atoms with Crippen molar-refractivity contribution in [1.29, 1.82) is 5.26 Å². The molecule has 1 aromatic carbocycles. The third-order valence-electron chi connectivity index (χ3n) is 5.77. The quantitative estimate of drug-likeness (QED) is 0.427. The second-order valence-electron chi connectivity index (χ2n) is 8.79. The summed E-state index contributed by atoms with van der Waals surface area (Å²) in [6.45, 7) is 3.83. The van der Waals surface area contributed by atoms with E-state index in [0.29, 0.717) is 17.7 Å². The van der Waals surface area contributed by atoms with E-state index >= 15 is 0 Å². The average Bonchev–Trinajstić information content (AvgIpc) is 3.12. The predicted molar refractivity (Wildman–Crippen MR) is 126 cm³/mol. The zero-order valence-electron chi connectivity index (χ0n) is 17.6. The summed E-state index contributed by atoms with van der Waals surface area (Å²) in [6.07, 6.45) is -3.98. The maximum absolute atomic E-state index is 13.5. The molecule has 1 aromatic heterocycles. The molecule has 0 unspecified atom stereocenters. The summed E-state index contributed by atoms with van der Waals surface area (Å²) in [5.74, 6) is -0.882. The molecule has 0 saturated heterocycles. The van der Waals surface area contributed by atoms with Crippen molar-refractivity contribution in [2.45, 2.75) is 38.8 Å². The summed E-state index contributed by atoms with van der Waals surface area (Å²) in [7, 11) is 0. The van der Waals surface area contributed by atoms with Crippen molar-refractivity contribution in [3.63, 3.8) is 0 Å². The Labute approximate surface area is 206 Å². The molecule has 0 saturated carbocycles. The number of anilines is 1. The van der Waals surface area contributed by atoms with Crippen LogP contribution in [0, 0.1) is 16.7 Å². The maximum atomic E-state index is 13.5. The van der Waals surface area contributed by atoms with Crippen molar-refractivity contribution in [3.05, 3.63) is 72.2 Å². The molecule has 2 N–H and O–H groups in total. The van der Waals surface area contributed by atoms with Gasteiger partial charge in [-0.3, -0.25) is 9.69 Å². The summed E-state index contributed by atoms with van der Waals surface area (Å²) in [5.41, 5.74) is 6.05. The fourth-order valence-electron chi connectivity index (χ4n) is 4.41. The van der Waals surface area contributed by atoms with Gasteiger partial charge >= 0.3 is 6.18 Å². The number of rotatable bonds is 2. The van der Waals surface area contributed by atoms with Crippen LogP contribution in [0.25, 0.3) is 0 Å². The van der Waals surface area contributed by atoms with Gasteiger partial charge in [-0.25, -0.2) is 0 Å². The first-order chi connectivity index (χ1) is 15.3. The van der Waals surface area contributed by atoms with Gasteiger partial charge in [-0.05, 0) is 58.1 Å². The monoisotopic (exact) mass is 555 g/mol. The molecule has 33 heavy (non-hydrogen) atoms. The third kappa shape index (κ3) is 4.20. The van der Waals surface area contributed by atoms with E-state index in [1.54, 1.807) is 0 Å². The van der Waals surface area contributed by atoms with Gasteiger partial charge in [-0.15, -0.1) is 11.3 Å². The van der Waals surface area contributed by atoms with E-state index in [1.807, 2.05) is 26.0 Å². The van der Waals surface area contributed by atoms with E-state index in [9.17, 15) is 23.2 Å². The zero-order chi connectivity index (χ0) is 24.3. The molecule has 4 rings (SSSR count). The van der Waals surface area contributed by atoms with Gasteiger partial charge in [-0.2, -0.15) is 18.4 Å². The van der Waals surface area contributed by atoms with E-state index in [0.717, 1.165) is 26.9 Å². The molecule has 1 aliphatic carbocycles. The van der Waals surface area contributed by atoms with Crippen LogP contribution in [0.5, 0.6) is 0 Å². The van der Waals surface area contributed by atoms with Gasteiger partial charge in [0, 0.05) is 22.6 Å². The molecular weight excluding hydrogens is 539 g/mol. The Kier molecular flexibility index (Phi) is 5.92. The topological polar surface area (TPSA) is 70.1 Å². The first-order valence-electron chi connectivity index (χ1n) is 9.92. The number of allylic oxidation sites excluding steroid dienone is 3. The summed E-state index contributed by atoms with van der Waals surface area (Å²) in [5, 5.41) is 10.1. The number of alkyl halides is 3. The SMILES string of the molecule is CC1(C)CC(=O)C2=C(C1)N(c1cc(C(F)(F)F)ccc1Cl)C(N)=C(C#N)[C@@H]2c1ccc(Br)s1. The van der Waals surface area contributed by atoms with Crippen molar-refractivity contribution in [2.24, 2.45) is 11.1 Å². The fraction of sp³-hybridized carbons (Fsp3) is 0.304. The second kappa shape index (κ2) is 8.19. The van der Waals surface area contributed by atoms with Crippen LogP contribution in [0.2, 0.25) is 5.02 Å². The summed E-state index contributed by atoms with van der Waals surface area (Å²) < 4.78 is 41.3. The highest BCUT2D eigenvalue weighted by atomic mass is 79.9. The number of carbonyl (C=O) groups excluding carboxylic acids is 1. The van der Waals surface area contributed by atoms with Crippen molar-refractivity contribution < 1.29 is 18.0 Å². The lowest BCUT2D eigenvalue weighted by molar-refractivity contribution is -0.137. The number of thiophene rings is 1. The molecular formula is C23H18BrClF3N3OS. The van der Waals surface area contributed by atoms with Crippen molar-refractivity contribution in [2.75, 3.05) is 4.90 Å². The Hall–Kier alpha value is -2.28. The Morgan fingerprint density at radius 1 is 1.27 bits per heavy atom. The number of hydrogen-bond donors (Lipinski definition) is 1. The number of nitriles is 1. The largest absolute Gasteiger partial charge is 0.416 e. The number of nitrogens with two attached hydrogens (primary N) is 1. The van der Waals surface area contributed by atoms with Crippen LogP contribution in [0.1, 0.15) is 43.0 Å². The molecule has 10 heteroatoms. The molecule has 0 fully saturated rings. The third-order valence-corrected chi connectivity index (χ3v) is 7.78. The Bertz CT molecular complexity index is 1270. The fourth-order valence-corrected chi connectivity index (χ4v) is 6.16. The smallest absolute Gasteiger partial charge is 0.384 e. The van der Waals surface area contributed by atoms with Gasteiger partial charge in [0.25, 0.3) is 0 Å². The lowest BCUT2D eigenvalue weighted by Gasteiger charge is -2.43. The minimum atomic E-state index is -4.60. The standard InChI is InChI=1S/C23H18BrClF3N3OS/c1-22(2)8-15-20(16(32)9-22)19(17-5-6-18(24)33-17)12(10-29)21(30)31(15)14-7-11(23(26,27)28)3-4-13(14)25/h3-7,19H,8-9,30H2,1-2H3/t19-/m1/s1. The molecule has 0 spiro atoms. The van der Waals surface area contributed by atoms with Gasteiger partial charge in [0.1, 0.15) is 5.82 Å². The van der Waals surface area contributed by atoms with Gasteiger partial charge in [0.15, 0.2) is 5.78 Å². The van der Waals surface area contributed by atoms with Crippen LogP contribution in [0.15, 0.2) is 56.8 Å².